The van der Waals surface area contributed by atoms with Crippen LogP contribution in [0.15, 0.2) is 36.5 Å². The summed E-state index contributed by atoms with van der Waals surface area (Å²) in [6.45, 7) is 4.59. The molecule has 0 aromatic rings. The molecule has 0 aliphatic carbocycles. The number of aliphatic carboxylic acids is 1. The number of nitrogens with zero attached hydrogens (tertiary/aromatic N) is 1. The molecule has 0 bridgehead atoms. The number of carbonyl (C=O) groups excluding carboxylic acids is 3. The van der Waals surface area contributed by atoms with Crippen LogP contribution in [0.25, 0.3) is 0 Å². The van der Waals surface area contributed by atoms with Crippen LogP contribution >= 0.6 is 0 Å². The van der Waals surface area contributed by atoms with Crippen LogP contribution in [0, 0.1) is 0 Å². The minimum Gasteiger partial charge on any atom is -0.544 e. The molecule has 0 fully saturated rings. The lowest BCUT2D eigenvalue weighted by atomic mass is 10.1. The maximum absolute atomic E-state index is 12.7. The Balaban J connectivity index is 4.44. The van der Waals surface area contributed by atoms with Crippen LogP contribution in [-0.4, -0.2) is 75.5 Å². The van der Waals surface area contributed by atoms with Gasteiger partial charge in [0, 0.05) is 19.3 Å². The lowest BCUT2D eigenvalue weighted by Gasteiger charge is -2.34. The third kappa shape index (κ3) is 33.4. The number of unbranched alkanes of at least 4 members (excludes halogenated alkanes) is 18. The van der Waals surface area contributed by atoms with Crippen molar-refractivity contribution < 1.29 is 38.2 Å². The summed E-state index contributed by atoms with van der Waals surface area (Å²) in [6.07, 6.45) is 38.8. The molecule has 52 heavy (non-hydrogen) atoms. The van der Waals surface area contributed by atoms with Crippen molar-refractivity contribution in [2.45, 2.75) is 187 Å². The van der Waals surface area contributed by atoms with E-state index < -0.39 is 18.1 Å². The minimum absolute atomic E-state index is 0.0280. The topological polar surface area (TPSA) is 102 Å². The summed E-state index contributed by atoms with van der Waals surface area (Å²) in [5, 5.41) is 11.6. The molecular formula is C44H79NO7. The van der Waals surface area contributed by atoms with E-state index in [1.54, 1.807) is 21.1 Å². The molecule has 0 aromatic carbocycles. The first kappa shape index (κ1) is 49.6. The fourth-order valence-electron chi connectivity index (χ4n) is 5.94. The van der Waals surface area contributed by atoms with Crippen LogP contribution in [0.4, 0.5) is 0 Å². The second-order valence-corrected chi connectivity index (χ2v) is 15.2. The zero-order chi connectivity index (χ0) is 38.5. The Morgan fingerprint density at radius 1 is 0.577 bits per heavy atom. The number of rotatable bonds is 37. The van der Waals surface area contributed by atoms with Gasteiger partial charge in [-0.05, 0) is 64.2 Å². The summed E-state index contributed by atoms with van der Waals surface area (Å²) in [4.78, 5) is 36.7. The van der Waals surface area contributed by atoms with Crippen LogP contribution in [0.2, 0.25) is 0 Å². The van der Waals surface area contributed by atoms with Crippen molar-refractivity contribution in [3.05, 3.63) is 36.5 Å². The van der Waals surface area contributed by atoms with E-state index in [4.69, 9.17) is 14.2 Å². The monoisotopic (exact) mass is 734 g/mol. The zero-order valence-corrected chi connectivity index (χ0v) is 34.2. The Labute approximate surface area is 319 Å². The van der Waals surface area contributed by atoms with Crippen molar-refractivity contribution >= 4 is 17.9 Å². The zero-order valence-electron chi connectivity index (χ0n) is 34.2. The molecule has 8 nitrogen and oxygen atoms in total. The molecule has 0 saturated heterocycles. The summed E-state index contributed by atoms with van der Waals surface area (Å²) in [5.41, 5.74) is 0. The molecule has 0 amide bonds. The number of allylic oxidation sites excluding steroid dienone is 6. The van der Waals surface area contributed by atoms with Crippen molar-refractivity contribution in [3.63, 3.8) is 0 Å². The van der Waals surface area contributed by atoms with Gasteiger partial charge in [-0.15, -0.1) is 0 Å². The van der Waals surface area contributed by atoms with Gasteiger partial charge in [-0.2, -0.15) is 0 Å². The van der Waals surface area contributed by atoms with Crippen LogP contribution in [0.1, 0.15) is 174 Å². The lowest BCUT2D eigenvalue weighted by molar-refractivity contribution is -0.889. The molecule has 0 rings (SSSR count). The molecule has 2 atom stereocenters. The van der Waals surface area contributed by atoms with E-state index in [1.165, 1.54) is 77.0 Å². The highest BCUT2D eigenvalue weighted by Gasteiger charge is 2.25. The van der Waals surface area contributed by atoms with Gasteiger partial charge >= 0.3 is 11.9 Å². The van der Waals surface area contributed by atoms with E-state index in [-0.39, 0.29) is 49.1 Å². The van der Waals surface area contributed by atoms with E-state index in [1.807, 2.05) is 0 Å². The predicted octanol–water partition coefficient (Wildman–Crippen LogP) is 9.74. The molecule has 0 N–H and O–H groups in total. The van der Waals surface area contributed by atoms with Crippen molar-refractivity contribution in [1.29, 1.82) is 0 Å². The number of ether oxygens (including phenoxy) is 3. The van der Waals surface area contributed by atoms with E-state index in [2.05, 4.69) is 50.3 Å². The van der Waals surface area contributed by atoms with E-state index in [0.29, 0.717) is 6.42 Å². The fourth-order valence-corrected chi connectivity index (χ4v) is 5.94. The third-order valence-electron chi connectivity index (χ3n) is 9.28. The van der Waals surface area contributed by atoms with Gasteiger partial charge in [-0.25, -0.2) is 0 Å². The van der Waals surface area contributed by atoms with Gasteiger partial charge in [0.05, 0.1) is 40.3 Å². The van der Waals surface area contributed by atoms with Gasteiger partial charge in [0.2, 0.25) is 0 Å². The van der Waals surface area contributed by atoms with Gasteiger partial charge in [-0.3, -0.25) is 9.59 Å². The number of carboxylic acids is 1. The third-order valence-corrected chi connectivity index (χ3v) is 9.28. The summed E-state index contributed by atoms with van der Waals surface area (Å²) in [5.74, 6) is -1.78. The summed E-state index contributed by atoms with van der Waals surface area (Å²) in [6, 6.07) is -0.730. The molecule has 0 radical (unpaired) electrons. The Hall–Kier alpha value is -2.45. The van der Waals surface area contributed by atoms with Crippen molar-refractivity contribution in [2.24, 2.45) is 0 Å². The number of carbonyl (C=O) groups is 3. The molecule has 0 heterocycles. The molecule has 0 aliphatic heterocycles. The first-order valence-electron chi connectivity index (χ1n) is 21.0. The van der Waals surface area contributed by atoms with Gasteiger partial charge in [0.15, 0.2) is 6.10 Å². The van der Waals surface area contributed by atoms with Crippen molar-refractivity contribution in [2.75, 3.05) is 41.0 Å². The van der Waals surface area contributed by atoms with Gasteiger partial charge in [-0.1, -0.05) is 127 Å². The number of likely N-dealkylation sites (N-methyl/N-ethyl adjacent to an activating group) is 1. The van der Waals surface area contributed by atoms with E-state index in [9.17, 15) is 19.5 Å². The molecule has 0 spiro atoms. The molecule has 302 valence electrons. The number of esters is 2. The normalized spacial score (nSPS) is 13.3. The smallest absolute Gasteiger partial charge is 0.306 e. The summed E-state index contributed by atoms with van der Waals surface area (Å²) in [7, 11) is 5.39. The lowest BCUT2D eigenvalue weighted by Crippen LogP contribution is -2.55. The van der Waals surface area contributed by atoms with Crippen molar-refractivity contribution in [3.8, 4) is 0 Å². The quantitative estimate of drug-likeness (QED) is 0.0206. The number of carboxylic acid groups (broad SMARTS) is 1. The van der Waals surface area contributed by atoms with Gasteiger partial charge in [0.1, 0.15) is 12.6 Å². The Morgan fingerprint density at radius 2 is 1.02 bits per heavy atom. The maximum atomic E-state index is 12.7. The number of quaternary nitrogens is 1. The van der Waals surface area contributed by atoms with Crippen LogP contribution in [-0.2, 0) is 28.6 Å². The van der Waals surface area contributed by atoms with Gasteiger partial charge in [0.25, 0.3) is 0 Å². The first-order chi connectivity index (χ1) is 25.1. The second-order valence-electron chi connectivity index (χ2n) is 15.2. The maximum Gasteiger partial charge on any atom is 0.306 e. The van der Waals surface area contributed by atoms with E-state index >= 15 is 0 Å². The SMILES string of the molecule is CCCCC/C=C/CCCCCCCC(=O)OCC(COCCC(C(=O)[O-])[N+](C)(C)C)OC(=O)CCCCC/C=C/C=C/CCCCCCCCC. The molecule has 0 aromatic heterocycles. The number of hydrogen-bond donors (Lipinski definition) is 0. The Kier molecular flexibility index (Phi) is 33.9. The minimum atomic E-state index is -1.13. The van der Waals surface area contributed by atoms with Crippen molar-refractivity contribution in [1.82, 2.24) is 0 Å². The fraction of sp³-hybridized carbons (Fsp3) is 0.795. The first-order valence-corrected chi connectivity index (χ1v) is 21.0. The van der Waals surface area contributed by atoms with Gasteiger partial charge < -0.3 is 28.6 Å². The predicted molar refractivity (Wildman–Crippen MR) is 213 cm³/mol. The summed E-state index contributed by atoms with van der Waals surface area (Å²) >= 11 is 0. The highest BCUT2D eigenvalue weighted by molar-refractivity contribution is 5.70. The highest BCUT2D eigenvalue weighted by atomic mass is 16.6. The molecule has 0 saturated carbocycles. The molecule has 8 heteroatoms. The largest absolute Gasteiger partial charge is 0.544 e. The number of hydrogen-bond acceptors (Lipinski definition) is 7. The van der Waals surface area contributed by atoms with Crippen LogP contribution in [0.5, 0.6) is 0 Å². The molecular weight excluding hydrogens is 654 g/mol. The van der Waals surface area contributed by atoms with E-state index in [0.717, 1.165) is 64.2 Å². The molecule has 0 aliphatic rings. The summed E-state index contributed by atoms with van der Waals surface area (Å²) < 4.78 is 17.1. The second kappa shape index (κ2) is 35.6. The van der Waals surface area contributed by atoms with Crippen LogP contribution < -0.4 is 5.11 Å². The standard InChI is InChI=1S/C44H79NO7/c1-6-8-10-12-14-16-18-20-21-22-23-25-27-29-31-33-35-43(47)52-40(38-50-37-36-41(44(48)49)45(3,4)5)39-51-42(46)34-32-30-28-26-24-19-17-15-13-11-9-7-2/h15,17,21-23,25,40-41H,6-14,16,18-20,24,26-39H2,1-5H3/b17-15+,22-21+,25-23+. The Bertz CT molecular complexity index is 953. The molecule has 2 unspecified atom stereocenters. The van der Waals surface area contributed by atoms with Crippen LogP contribution in [0.3, 0.4) is 0 Å². The average molecular weight is 734 g/mol. The Morgan fingerprint density at radius 3 is 1.56 bits per heavy atom. The average Bonchev–Trinajstić information content (AvgIpc) is 3.09. The highest BCUT2D eigenvalue weighted by Crippen LogP contribution is 2.13.